The van der Waals surface area contributed by atoms with E-state index in [2.05, 4.69) is 0 Å². The number of carboxylic acid groups (broad SMARTS) is 1. The van der Waals surface area contributed by atoms with E-state index in [9.17, 15) is 14.7 Å². The minimum atomic E-state index is -1.08. The number of anilines is 1. The molecule has 1 aliphatic rings. The van der Waals surface area contributed by atoms with Crippen LogP contribution in [0.15, 0.2) is 54.6 Å². The van der Waals surface area contributed by atoms with Gasteiger partial charge in [0.2, 0.25) is 5.91 Å². The highest BCUT2D eigenvalue weighted by molar-refractivity contribution is 8.00. The van der Waals surface area contributed by atoms with Gasteiger partial charge in [-0.25, -0.2) is 4.68 Å². The molecule has 1 N–H and O–H groups in total. The smallest absolute Gasteiger partial charge is 0.323 e. The molecule has 1 amide bonds. The molecule has 0 bridgehead atoms. The summed E-state index contributed by atoms with van der Waals surface area (Å²) in [7, 11) is 0. The summed E-state index contributed by atoms with van der Waals surface area (Å²) in [6.07, 6.45) is 0. The van der Waals surface area contributed by atoms with Crippen LogP contribution in [0.3, 0.4) is 0 Å². The third-order valence-electron chi connectivity index (χ3n) is 5.25. The van der Waals surface area contributed by atoms with E-state index in [1.807, 2.05) is 75.4 Å². The molecule has 0 aliphatic carbocycles. The lowest BCUT2D eigenvalue weighted by molar-refractivity contribution is -0.136. The van der Waals surface area contributed by atoms with Crippen LogP contribution in [-0.2, 0) is 15.1 Å². The van der Waals surface area contributed by atoms with Crippen LogP contribution in [0, 0.1) is 0 Å². The fourth-order valence-corrected chi connectivity index (χ4v) is 5.41. The first-order valence-electron chi connectivity index (χ1n) is 10.3. The molecule has 0 saturated carbocycles. The largest absolute Gasteiger partial charge is 0.480 e. The van der Waals surface area contributed by atoms with Gasteiger partial charge in [-0.15, -0.1) is 11.8 Å². The average molecular weight is 470 g/mol. The van der Waals surface area contributed by atoms with E-state index in [-0.39, 0.29) is 16.9 Å². The van der Waals surface area contributed by atoms with Crippen LogP contribution in [-0.4, -0.2) is 39.1 Å². The Bertz CT molecular complexity index is 1170. The summed E-state index contributed by atoms with van der Waals surface area (Å²) in [5.74, 6) is -0.693. The lowest BCUT2D eigenvalue weighted by atomic mass is 9.99. The number of halogens is 1. The average Bonchev–Trinajstić information content (AvgIpc) is 3.08. The summed E-state index contributed by atoms with van der Waals surface area (Å²) >= 11 is 8.04. The molecule has 1 unspecified atom stereocenters. The third kappa shape index (κ3) is 4.14. The van der Waals surface area contributed by atoms with Gasteiger partial charge in [-0.2, -0.15) is 5.10 Å². The summed E-state index contributed by atoms with van der Waals surface area (Å²) in [5, 5.41) is 14.9. The van der Waals surface area contributed by atoms with Crippen molar-refractivity contribution in [2.24, 2.45) is 0 Å². The molecule has 0 spiro atoms. The van der Waals surface area contributed by atoms with Crippen LogP contribution in [0.25, 0.3) is 11.3 Å². The first kappa shape index (κ1) is 22.4. The summed E-state index contributed by atoms with van der Waals surface area (Å²) in [4.78, 5) is 26.2. The highest BCUT2D eigenvalue weighted by Crippen LogP contribution is 2.50. The Balaban J connectivity index is 2.09. The molecule has 6 nitrogen and oxygen atoms in total. The second-order valence-electron chi connectivity index (χ2n) is 8.62. The monoisotopic (exact) mass is 469 g/mol. The van der Waals surface area contributed by atoms with Gasteiger partial charge in [0.15, 0.2) is 0 Å². The number of carbonyl (C=O) groups is 2. The van der Waals surface area contributed by atoms with Gasteiger partial charge in [-0.1, -0.05) is 60.1 Å². The van der Waals surface area contributed by atoms with E-state index < -0.39 is 18.1 Å². The molecule has 4 rings (SSSR count). The standard InChI is InChI=1S/C24H24ClN3O3S/c1-24(2,3)28-23-20(21(26-28)15-9-5-4-6-10-15)22(16-11-7-8-12-17(16)25)32-14-18(29)27(23)13-19(30)31/h4-12,22H,13-14H2,1-3H3,(H,30,31). The van der Waals surface area contributed by atoms with Crippen molar-refractivity contribution in [2.75, 3.05) is 17.2 Å². The maximum absolute atomic E-state index is 13.2. The van der Waals surface area contributed by atoms with Crippen LogP contribution < -0.4 is 4.90 Å². The Morgan fingerprint density at radius 2 is 1.81 bits per heavy atom. The second kappa shape index (κ2) is 8.64. The molecule has 3 aromatic rings. The summed E-state index contributed by atoms with van der Waals surface area (Å²) < 4.78 is 1.78. The number of amides is 1. The molecule has 166 valence electrons. The maximum atomic E-state index is 13.2. The van der Waals surface area contributed by atoms with Crippen LogP contribution >= 0.6 is 23.4 Å². The zero-order valence-corrected chi connectivity index (χ0v) is 19.7. The topological polar surface area (TPSA) is 75.4 Å². The van der Waals surface area contributed by atoms with Crippen molar-refractivity contribution in [1.29, 1.82) is 0 Å². The Labute approximate surface area is 196 Å². The van der Waals surface area contributed by atoms with Crippen molar-refractivity contribution in [3.05, 3.63) is 70.7 Å². The molecule has 0 saturated heterocycles. The first-order valence-corrected chi connectivity index (χ1v) is 11.7. The number of hydrogen-bond donors (Lipinski definition) is 1. The van der Waals surface area contributed by atoms with Crippen molar-refractivity contribution in [1.82, 2.24) is 9.78 Å². The molecule has 1 aliphatic heterocycles. The van der Waals surface area contributed by atoms with Crippen LogP contribution in [0.1, 0.15) is 37.1 Å². The lowest BCUT2D eigenvalue weighted by Crippen LogP contribution is -2.40. The number of aromatic nitrogens is 2. The SMILES string of the molecule is CC(C)(C)n1nc(-c2ccccc2)c2c1N(CC(=O)O)C(=O)CSC2c1ccccc1Cl. The van der Waals surface area contributed by atoms with E-state index in [1.54, 1.807) is 4.68 Å². The van der Waals surface area contributed by atoms with Crippen LogP contribution in [0.5, 0.6) is 0 Å². The molecule has 1 aromatic heterocycles. The van der Waals surface area contributed by atoms with Crippen molar-refractivity contribution < 1.29 is 14.7 Å². The Hall–Kier alpha value is -2.77. The Morgan fingerprint density at radius 1 is 1.16 bits per heavy atom. The predicted molar refractivity (Wildman–Crippen MR) is 128 cm³/mol. The molecule has 8 heteroatoms. The number of rotatable bonds is 4. The van der Waals surface area contributed by atoms with Crippen molar-refractivity contribution in [2.45, 2.75) is 31.6 Å². The number of nitrogens with zero attached hydrogens (tertiary/aromatic N) is 3. The van der Waals surface area contributed by atoms with E-state index in [1.165, 1.54) is 16.7 Å². The Kier molecular flexibility index (Phi) is 6.05. The van der Waals surface area contributed by atoms with Crippen molar-refractivity contribution >= 4 is 41.1 Å². The molecule has 1 atom stereocenters. The van der Waals surface area contributed by atoms with Gasteiger partial charge in [0, 0.05) is 16.1 Å². The summed E-state index contributed by atoms with van der Waals surface area (Å²) in [6, 6.07) is 17.3. The molecule has 2 heterocycles. The molecule has 2 aromatic carbocycles. The predicted octanol–water partition coefficient (Wildman–Crippen LogP) is 5.21. The van der Waals surface area contributed by atoms with Gasteiger partial charge >= 0.3 is 5.97 Å². The van der Waals surface area contributed by atoms with Gasteiger partial charge in [-0.05, 0) is 32.4 Å². The normalized spacial score (nSPS) is 16.6. The molecular weight excluding hydrogens is 446 g/mol. The van der Waals surface area contributed by atoms with Gasteiger partial charge in [0.25, 0.3) is 0 Å². The van der Waals surface area contributed by atoms with Gasteiger partial charge in [0.05, 0.1) is 22.2 Å². The zero-order valence-electron chi connectivity index (χ0n) is 18.1. The maximum Gasteiger partial charge on any atom is 0.323 e. The quantitative estimate of drug-likeness (QED) is 0.567. The Morgan fingerprint density at radius 3 is 2.44 bits per heavy atom. The number of fused-ring (bicyclic) bond motifs is 1. The van der Waals surface area contributed by atoms with Crippen molar-refractivity contribution in [3.8, 4) is 11.3 Å². The number of aliphatic carboxylic acids is 1. The minimum Gasteiger partial charge on any atom is -0.480 e. The lowest BCUT2D eigenvalue weighted by Gasteiger charge is -2.28. The van der Waals surface area contributed by atoms with Gasteiger partial charge in [-0.3, -0.25) is 14.5 Å². The van der Waals surface area contributed by atoms with E-state index >= 15 is 0 Å². The fraction of sp³-hybridized carbons (Fsp3) is 0.292. The fourth-order valence-electron chi connectivity index (χ4n) is 3.86. The van der Waals surface area contributed by atoms with Gasteiger partial charge in [0.1, 0.15) is 12.4 Å². The number of carboxylic acids is 1. The van der Waals surface area contributed by atoms with Gasteiger partial charge < -0.3 is 5.11 Å². The zero-order chi connectivity index (χ0) is 23.0. The molecule has 0 radical (unpaired) electrons. The molecule has 0 fully saturated rings. The van der Waals surface area contributed by atoms with Crippen LogP contribution in [0.4, 0.5) is 5.82 Å². The van der Waals surface area contributed by atoms with Crippen molar-refractivity contribution in [3.63, 3.8) is 0 Å². The highest BCUT2D eigenvalue weighted by atomic mass is 35.5. The van der Waals surface area contributed by atoms with E-state index in [4.69, 9.17) is 16.7 Å². The summed E-state index contributed by atoms with van der Waals surface area (Å²) in [5.41, 5.74) is 2.80. The summed E-state index contributed by atoms with van der Waals surface area (Å²) in [6.45, 7) is 5.53. The number of thioether (sulfide) groups is 1. The number of benzene rings is 2. The number of carbonyl (C=O) groups excluding carboxylic acids is 1. The minimum absolute atomic E-state index is 0.135. The van der Waals surface area contributed by atoms with E-state index in [0.717, 1.165) is 22.4 Å². The number of hydrogen-bond acceptors (Lipinski definition) is 4. The van der Waals surface area contributed by atoms with Crippen LogP contribution in [0.2, 0.25) is 5.02 Å². The highest BCUT2D eigenvalue weighted by Gasteiger charge is 2.39. The second-order valence-corrected chi connectivity index (χ2v) is 10.1. The first-order chi connectivity index (χ1) is 15.2. The third-order valence-corrected chi connectivity index (χ3v) is 6.83. The van der Waals surface area contributed by atoms with E-state index in [0.29, 0.717) is 10.8 Å². The molecule has 32 heavy (non-hydrogen) atoms. The molecular formula is C24H24ClN3O3S.